The highest BCUT2D eigenvalue weighted by atomic mass is 16.5. The van der Waals surface area contributed by atoms with Crippen LogP contribution in [0.5, 0.6) is 0 Å². The van der Waals surface area contributed by atoms with Crippen LogP contribution < -0.4 is 0 Å². The van der Waals surface area contributed by atoms with Crippen molar-refractivity contribution in [3.05, 3.63) is 12.2 Å². The van der Waals surface area contributed by atoms with Crippen molar-refractivity contribution in [2.45, 2.75) is 26.2 Å². The molecule has 0 heterocycles. The van der Waals surface area contributed by atoms with E-state index in [2.05, 4.69) is 0 Å². The number of nitrogens with zero attached hydrogens (tertiary/aromatic N) is 1. The zero-order valence-corrected chi connectivity index (χ0v) is 11.9. The maximum atomic E-state index is 12.3. The van der Waals surface area contributed by atoms with Gasteiger partial charge in [0.1, 0.15) is 0 Å². The molecule has 2 unspecified atom stereocenters. The molecule has 1 rings (SSSR count). The summed E-state index contributed by atoms with van der Waals surface area (Å²) in [6, 6.07) is 0. The van der Waals surface area contributed by atoms with E-state index < -0.39 is 17.8 Å². The molecule has 1 N–H and O–H groups in total. The van der Waals surface area contributed by atoms with Crippen molar-refractivity contribution >= 4 is 17.8 Å². The number of carbonyl (C=O) groups excluding carboxylic acids is 2. The van der Waals surface area contributed by atoms with Gasteiger partial charge in [-0.2, -0.15) is 0 Å². The molecule has 1 amide bonds. The Morgan fingerprint density at radius 1 is 1.25 bits per heavy atom. The number of esters is 1. The second kappa shape index (κ2) is 7.67. The van der Waals surface area contributed by atoms with Gasteiger partial charge in [-0.25, -0.2) is 0 Å². The van der Waals surface area contributed by atoms with E-state index in [0.717, 1.165) is 0 Å². The van der Waals surface area contributed by atoms with Crippen molar-refractivity contribution in [2.24, 2.45) is 11.8 Å². The Morgan fingerprint density at radius 3 is 2.40 bits per heavy atom. The molecule has 1 aliphatic rings. The van der Waals surface area contributed by atoms with Gasteiger partial charge >= 0.3 is 11.9 Å². The predicted octanol–water partition coefficient (Wildman–Crippen LogP) is 1.07. The largest absolute Gasteiger partial charge is 0.481 e. The van der Waals surface area contributed by atoms with E-state index in [9.17, 15) is 14.4 Å². The Hall–Kier alpha value is -1.85. The highest BCUT2D eigenvalue weighted by Gasteiger charge is 2.35. The minimum Gasteiger partial charge on any atom is -0.481 e. The fourth-order valence-corrected chi connectivity index (χ4v) is 2.25. The number of rotatable bonds is 6. The van der Waals surface area contributed by atoms with E-state index in [-0.39, 0.29) is 24.8 Å². The van der Waals surface area contributed by atoms with E-state index >= 15 is 0 Å². The normalized spacial score (nSPS) is 21.3. The lowest BCUT2D eigenvalue weighted by Gasteiger charge is -2.28. The van der Waals surface area contributed by atoms with E-state index in [0.29, 0.717) is 19.4 Å². The van der Waals surface area contributed by atoms with Gasteiger partial charge in [0.15, 0.2) is 0 Å². The first kappa shape index (κ1) is 16.2. The maximum Gasteiger partial charge on any atom is 0.307 e. The molecule has 0 fully saturated rings. The van der Waals surface area contributed by atoms with E-state index in [4.69, 9.17) is 9.84 Å². The van der Waals surface area contributed by atoms with Crippen LogP contribution in [0, 0.1) is 11.8 Å². The highest BCUT2D eigenvalue weighted by Crippen LogP contribution is 2.27. The predicted molar refractivity (Wildman–Crippen MR) is 71.9 cm³/mol. The number of hydrogen-bond acceptors (Lipinski definition) is 4. The molecule has 2 atom stereocenters. The van der Waals surface area contributed by atoms with Crippen LogP contribution in [0.1, 0.15) is 26.2 Å². The summed E-state index contributed by atoms with van der Waals surface area (Å²) in [5.74, 6) is -2.77. The first-order chi connectivity index (χ1) is 9.47. The van der Waals surface area contributed by atoms with Crippen LogP contribution in [0.2, 0.25) is 0 Å². The van der Waals surface area contributed by atoms with Crippen LogP contribution in [0.25, 0.3) is 0 Å². The molecule has 0 saturated carbocycles. The van der Waals surface area contributed by atoms with Crippen LogP contribution in [-0.4, -0.2) is 48.1 Å². The minimum atomic E-state index is -0.952. The highest BCUT2D eigenvalue weighted by molar-refractivity contribution is 5.85. The SMILES string of the molecule is CCOC(=O)CCN(C)C(=O)C1CC=CCC1C(=O)O. The third-order valence-electron chi connectivity index (χ3n) is 3.40. The van der Waals surface area contributed by atoms with Crippen LogP contribution in [0.3, 0.4) is 0 Å². The molecule has 112 valence electrons. The second-order valence-electron chi connectivity index (χ2n) is 4.81. The third-order valence-corrected chi connectivity index (χ3v) is 3.40. The molecule has 1 aliphatic carbocycles. The van der Waals surface area contributed by atoms with Gasteiger partial charge in [0, 0.05) is 13.6 Å². The first-order valence-electron chi connectivity index (χ1n) is 6.75. The Balaban J connectivity index is 2.56. The van der Waals surface area contributed by atoms with Crippen molar-refractivity contribution in [1.82, 2.24) is 4.90 Å². The lowest BCUT2D eigenvalue weighted by atomic mass is 9.82. The van der Waals surface area contributed by atoms with Crippen LogP contribution in [-0.2, 0) is 19.1 Å². The van der Waals surface area contributed by atoms with Gasteiger partial charge in [-0.3, -0.25) is 14.4 Å². The smallest absolute Gasteiger partial charge is 0.307 e. The van der Waals surface area contributed by atoms with E-state index in [1.54, 1.807) is 20.0 Å². The second-order valence-corrected chi connectivity index (χ2v) is 4.81. The lowest BCUT2D eigenvalue weighted by Crippen LogP contribution is -2.40. The van der Waals surface area contributed by atoms with Gasteiger partial charge < -0.3 is 14.7 Å². The standard InChI is InChI=1S/C14H21NO5/c1-3-20-12(16)8-9-15(2)13(17)10-6-4-5-7-11(10)14(18)19/h4-5,10-11H,3,6-9H2,1-2H3,(H,18,19). The van der Waals surface area contributed by atoms with Crippen molar-refractivity contribution < 1.29 is 24.2 Å². The number of hydrogen-bond donors (Lipinski definition) is 1. The average molecular weight is 283 g/mol. The average Bonchev–Trinajstić information content (AvgIpc) is 2.44. The molecule has 0 bridgehead atoms. The van der Waals surface area contributed by atoms with Crippen LogP contribution >= 0.6 is 0 Å². The molecular weight excluding hydrogens is 262 g/mol. The number of aliphatic carboxylic acids is 1. The molecule has 0 saturated heterocycles. The quantitative estimate of drug-likeness (QED) is 0.582. The number of ether oxygens (including phenoxy) is 1. The van der Waals surface area contributed by atoms with Crippen molar-refractivity contribution in [1.29, 1.82) is 0 Å². The summed E-state index contributed by atoms with van der Waals surface area (Å²) in [6.45, 7) is 2.27. The maximum absolute atomic E-state index is 12.3. The number of allylic oxidation sites excluding steroid dienone is 2. The summed E-state index contributed by atoms with van der Waals surface area (Å²) < 4.78 is 4.79. The molecule has 0 aliphatic heterocycles. The zero-order valence-electron chi connectivity index (χ0n) is 11.9. The number of amides is 1. The summed E-state index contributed by atoms with van der Waals surface area (Å²) in [4.78, 5) is 36.1. The molecule has 0 spiro atoms. The Labute approximate surface area is 118 Å². The first-order valence-corrected chi connectivity index (χ1v) is 6.75. The van der Waals surface area contributed by atoms with Gasteiger partial charge in [0.05, 0.1) is 24.9 Å². The van der Waals surface area contributed by atoms with E-state index in [1.807, 2.05) is 6.08 Å². The minimum absolute atomic E-state index is 0.121. The van der Waals surface area contributed by atoms with E-state index in [1.165, 1.54) is 4.90 Å². The van der Waals surface area contributed by atoms with Gasteiger partial charge in [0.25, 0.3) is 0 Å². The summed E-state index contributed by atoms with van der Waals surface area (Å²) in [6.07, 6.45) is 4.55. The molecule has 0 aromatic rings. The molecule has 20 heavy (non-hydrogen) atoms. The monoisotopic (exact) mass is 283 g/mol. The van der Waals surface area contributed by atoms with Gasteiger partial charge in [-0.05, 0) is 19.8 Å². The fraction of sp³-hybridized carbons (Fsp3) is 0.643. The van der Waals surface area contributed by atoms with Crippen LogP contribution in [0.4, 0.5) is 0 Å². The molecule has 0 radical (unpaired) electrons. The Kier molecular flexibility index (Phi) is 6.21. The molecule has 0 aromatic carbocycles. The number of carboxylic acid groups (broad SMARTS) is 1. The van der Waals surface area contributed by atoms with Gasteiger partial charge in [0.2, 0.25) is 5.91 Å². The summed E-state index contributed by atoms with van der Waals surface area (Å²) >= 11 is 0. The lowest BCUT2D eigenvalue weighted by molar-refractivity contribution is -0.151. The zero-order chi connectivity index (χ0) is 15.1. The summed E-state index contributed by atoms with van der Waals surface area (Å²) in [7, 11) is 1.58. The van der Waals surface area contributed by atoms with Crippen molar-refractivity contribution in [3.63, 3.8) is 0 Å². The Bertz CT molecular complexity index is 404. The number of carboxylic acids is 1. The summed E-state index contributed by atoms with van der Waals surface area (Å²) in [5, 5.41) is 9.15. The fourth-order valence-electron chi connectivity index (χ4n) is 2.25. The molecular formula is C14H21NO5. The topological polar surface area (TPSA) is 83.9 Å². The summed E-state index contributed by atoms with van der Waals surface area (Å²) in [5.41, 5.74) is 0. The molecule has 6 heteroatoms. The molecule has 6 nitrogen and oxygen atoms in total. The van der Waals surface area contributed by atoms with Crippen molar-refractivity contribution in [3.8, 4) is 0 Å². The number of carbonyl (C=O) groups is 3. The van der Waals surface area contributed by atoms with Crippen LogP contribution in [0.15, 0.2) is 12.2 Å². The van der Waals surface area contributed by atoms with Crippen molar-refractivity contribution in [2.75, 3.05) is 20.2 Å². The van der Waals surface area contributed by atoms with Gasteiger partial charge in [-0.1, -0.05) is 12.2 Å². The Morgan fingerprint density at radius 2 is 1.85 bits per heavy atom. The molecule has 0 aromatic heterocycles. The van der Waals surface area contributed by atoms with Gasteiger partial charge in [-0.15, -0.1) is 0 Å². The third kappa shape index (κ3) is 4.36.